The predicted molar refractivity (Wildman–Crippen MR) is 111 cm³/mol. The maximum Gasteiger partial charge on any atom is 0.263 e. The molecule has 0 amide bonds. The number of aryl methyl sites for hydroxylation is 1. The van der Waals surface area contributed by atoms with Gasteiger partial charge in [0.1, 0.15) is 12.4 Å². The van der Waals surface area contributed by atoms with Crippen LogP contribution in [0.1, 0.15) is 17.0 Å². The van der Waals surface area contributed by atoms with Gasteiger partial charge in [-0.15, -0.1) is 22.6 Å². The number of hydrazone groups is 1. The number of nitrogens with one attached hydrogen (secondary N) is 1. The smallest absolute Gasteiger partial charge is 0.263 e. The molecule has 0 atom stereocenters. The Bertz CT molecular complexity index is 944. The molecule has 0 aliphatic rings. The normalized spacial score (nSPS) is 10.6. The van der Waals surface area contributed by atoms with E-state index in [1.54, 1.807) is 25.3 Å². The molecule has 3 aromatic rings. The van der Waals surface area contributed by atoms with Crippen LogP contribution in [-0.4, -0.2) is 21.1 Å². The fourth-order valence-electron chi connectivity index (χ4n) is 2.09. The quantitative estimate of drug-likeness (QED) is 0.352. The number of nitrogens with two attached hydrogens (primary N) is 1. The number of nitrogen functional groups attached to an aromatic ring is 1. The second-order valence-corrected chi connectivity index (χ2v) is 6.23. The fraction of sp³-hybridized carbons (Fsp3) is 0.118. The van der Waals surface area contributed by atoms with Crippen LogP contribution in [0.15, 0.2) is 47.6 Å². The summed E-state index contributed by atoms with van der Waals surface area (Å²) in [5.74, 6) is 7.38. The number of hydrogen-bond acceptors (Lipinski definition) is 6. The van der Waals surface area contributed by atoms with E-state index in [4.69, 9.17) is 33.8 Å². The molecule has 0 unspecified atom stereocenters. The van der Waals surface area contributed by atoms with Crippen molar-refractivity contribution in [1.29, 1.82) is 0 Å². The molecule has 0 bridgehead atoms. The van der Waals surface area contributed by atoms with Crippen LogP contribution < -0.4 is 16.0 Å². The van der Waals surface area contributed by atoms with Gasteiger partial charge in [-0.3, -0.25) is 0 Å². The summed E-state index contributed by atoms with van der Waals surface area (Å²) < 4.78 is 7.10. The maximum atomic E-state index is 6.01. The SMILES string of the molecule is Cc1nnc(N/N=C/c2cccc(OCc3ccc(Cl)c(Cl)c3)c2)n1N.Cl. The number of nitrogens with zero attached hydrogens (tertiary/aromatic N) is 4. The van der Waals surface area contributed by atoms with Crippen molar-refractivity contribution in [2.45, 2.75) is 13.5 Å². The highest BCUT2D eigenvalue weighted by Gasteiger charge is 2.03. The lowest BCUT2D eigenvalue weighted by Crippen LogP contribution is -2.13. The summed E-state index contributed by atoms with van der Waals surface area (Å²) in [5.41, 5.74) is 4.52. The van der Waals surface area contributed by atoms with E-state index in [0.717, 1.165) is 11.1 Å². The summed E-state index contributed by atoms with van der Waals surface area (Å²) in [5, 5.41) is 12.8. The van der Waals surface area contributed by atoms with Crippen LogP contribution in [0.3, 0.4) is 0 Å². The van der Waals surface area contributed by atoms with Crippen LogP contribution in [0.4, 0.5) is 5.95 Å². The molecular formula is C17H17Cl3N6O. The second-order valence-electron chi connectivity index (χ2n) is 5.42. The Kier molecular flexibility index (Phi) is 7.29. The lowest BCUT2D eigenvalue weighted by molar-refractivity contribution is 0.306. The standard InChI is InChI=1S/C17H16Cl2N6O.ClH/c1-11-22-24-17(25(11)20)23-21-9-12-3-2-4-14(7-12)26-10-13-5-6-15(18)16(19)8-13;/h2-9H,10,20H2,1H3,(H,23,24);1H/b21-9+;. The van der Waals surface area contributed by atoms with Crippen molar-refractivity contribution in [3.8, 4) is 5.75 Å². The molecule has 142 valence electrons. The molecule has 1 heterocycles. The Morgan fingerprint density at radius 2 is 2.00 bits per heavy atom. The van der Waals surface area contributed by atoms with Gasteiger partial charge >= 0.3 is 0 Å². The zero-order valence-corrected chi connectivity index (χ0v) is 16.6. The molecule has 0 aliphatic heterocycles. The predicted octanol–water partition coefficient (Wildman–Crippen LogP) is 4.05. The Balaban J connectivity index is 0.00000261. The van der Waals surface area contributed by atoms with Crippen LogP contribution >= 0.6 is 35.6 Å². The summed E-state index contributed by atoms with van der Waals surface area (Å²) in [6, 6.07) is 12.9. The molecule has 0 spiro atoms. The van der Waals surface area contributed by atoms with Crippen LogP contribution in [0.25, 0.3) is 0 Å². The summed E-state index contributed by atoms with van der Waals surface area (Å²) in [6.07, 6.45) is 1.63. The van der Waals surface area contributed by atoms with Gasteiger partial charge in [0.25, 0.3) is 5.95 Å². The van der Waals surface area contributed by atoms with E-state index in [9.17, 15) is 0 Å². The van der Waals surface area contributed by atoms with E-state index in [2.05, 4.69) is 20.7 Å². The first-order valence-electron chi connectivity index (χ1n) is 7.66. The highest BCUT2D eigenvalue weighted by Crippen LogP contribution is 2.23. The average molecular weight is 428 g/mol. The minimum absolute atomic E-state index is 0. The summed E-state index contributed by atoms with van der Waals surface area (Å²) in [6.45, 7) is 2.13. The Labute approximate surface area is 172 Å². The number of anilines is 1. The third-order valence-corrected chi connectivity index (χ3v) is 4.23. The minimum Gasteiger partial charge on any atom is -0.489 e. The minimum atomic E-state index is 0. The Morgan fingerprint density at radius 1 is 1.19 bits per heavy atom. The zero-order chi connectivity index (χ0) is 18.5. The number of ether oxygens (including phenoxy) is 1. The third-order valence-electron chi connectivity index (χ3n) is 3.49. The van der Waals surface area contributed by atoms with Gasteiger partial charge < -0.3 is 10.6 Å². The molecule has 27 heavy (non-hydrogen) atoms. The molecule has 3 rings (SSSR count). The molecule has 3 N–H and O–H groups in total. The summed E-state index contributed by atoms with van der Waals surface area (Å²) >= 11 is 11.9. The fourth-order valence-corrected chi connectivity index (χ4v) is 2.41. The first-order valence-corrected chi connectivity index (χ1v) is 8.41. The van der Waals surface area contributed by atoms with Crippen molar-refractivity contribution >= 4 is 47.8 Å². The summed E-state index contributed by atoms with van der Waals surface area (Å²) in [7, 11) is 0. The Hall–Kier alpha value is -2.48. The maximum absolute atomic E-state index is 6.01. The van der Waals surface area contributed by atoms with Gasteiger partial charge in [0.2, 0.25) is 0 Å². The molecule has 0 saturated carbocycles. The molecule has 10 heteroatoms. The molecule has 2 aromatic carbocycles. The van der Waals surface area contributed by atoms with Gasteiger partial charge in [-0.05, 0) is 42.3 Å². The van der Waals surface area contributed by atoms with Gasteiger partial charge in [0.05, 0.1) is 16.3 Å². The number of aromatic nitrogens is 3. The lowest BCUT2D eigenvalue weighted by atomic mass is 10.2. The first-order chi connectivity index (χ1) is 12.5. The molecule has 0 radical (unpaired) electrons. The van der Waals surface area contributed by atoms with Gasteiger partial charge in [0, 0.05) is 0 Å². The van der Waals surface area contributed by atoms with Crippen molar-refractivity contribution in [2.24, 2.45) is 5.10 Å². The van der Waals surface area contributed by atoms with E-state index in [1.165, 1.54) is 4.68 Å². The molecular weight excluding hydrogens is 411 g/mol. The highest BCUT2D eigenvalue weighted by atomic mass is 35.5. The van der Waals surface area contributed by atoms with Crippen LogP contribution in [-0.2, 0) is 6.61 Å². The van der Waals surface area contributed by atoms with Crippen molar-refractivity contribution in [3.05, 3.63) is 69.5 Å². The second kappa shape index (κ2) is 9.45. The molecule has 0 saturated heterocycles. The van der Waals surface area contributed by atoms with Gasteiger partial charge in [-0.1, -0.05) is 41.4 Å². The highest BCUT2D eigenvalue weighted by molar-refractivity contribution is 6.42. The van der Waals surface area contributed by atoms with E-state index in [-0.39, 0.29) is 12.4 Å². The average Bonchev–Trinajstić information content (AvgIpc) is 2.95. The number of hydrogen-bond donors (Lipinski definition) is 2. The monoisotopic (exact) mass is 426 g/mol. The number of benzene rings is 2. The van der Waals surface area contributed by atoms with Crippen LogP contribution in [0.5, 0.6) is 5.75 Å². The van der Waals surface area contributed by atoms with E-state index >= 15 is 0 Å². The Morgan fingerprint density at radius 3 is 2.70 bits per heavy atom. The lowest BCUT2D eigenvalue weighted by Gasteiger charge is -2.08. The largest absolute Gasteiger partial charge is 0.489 e. The van der Waals surface area contributed by atoms with Crippen LogP contribution in [0.2, 0.25) is 10.0 Å². The van der Waals surface area contributed by atoms with Crippen LogP contribution in [0, 0.1) is 6.92 Å². The zero-order valence-electron chi connectivity index (χ0n) is 14.3. The van der Waals surface area contributed by atoms with Gasteiger partial charge in [-0.2, -0.15) is 5.10 Å². The molecule has 7 nitrogen and oxygen atoms in total. The van der Waals surface area contributed by atoms with Crippen molar-refractivity contribution in [1.82, 2.24) is 14.9 Å². The number of halogens is 3. The van der Waals surface area contributed by atoms with E-state index in [1.807, 2.05) is 30.3 Å². The van der Waals surface area contributed by atoms with Crippen molar-refractivity contribution in [3.63, 3.8) is 0 Å². The van der Waals surface area contributed by atoms with E-state index < -0.39 is 0 Å². The van der Waals surface area contributed by atoms with Crippen molar-refractivity contribution in [2.75, 3.05) is 11.3 Å². The third kappa shape index (κ3) is 5.50. The molecule has 0 aliphatic carbocycles. The first kappa shape index (κ1) is 20.8. The topological polar surface area (TPSA) is 90.4 Å². The van der Waals surface area contributed by atoms with Gasteiger partial charge in [-0.25, -0.2) is 10.1 Å². The van der Waals surface area contributed by atoms with E-state index in [0.29, 0.717) is 34.2 Å². The molecule has 1 aromatic heterocycles. The van der Waals surface area contributed by atoms with Crippen molar-refractivity contribution < 1.29 is 4.74 Å². The summed E-state index contributed by atoms with van der Waals surface area (Å²) in [4.78, 5) is 0. The van der Waals surface area contributed by atoms with Gasteiger partial charge in [0.15, 0.2) is 5.82 Å². The molecule has 0 fully saturated rings. The number of rotatable bonds is 6.